The van der Waals surface area contributed by atoms with Crippen LogP contribution in [-0.2, 0) is 16.1 Å². The van der Waals surface area contributed by atoms with Gasteiger partial charge in [0.2, 0.25) is 0 Å². The number of nitrogens with one attached hydrogen (secondary N) is 1. The Labute approximate surface area is 151 Å². The van der Waals surface area contributed by atoms with Crippen molar-refractivity contribution in [1.29, 1.82) is 0 Å². The molecule has 5 heteroatoms. The number of hydrogen-bond acceptors (Lipinski definition) is 5. The second-order valence-corrected chi connectivity index (χ2v) is 7.86. The van der Waals surface area contributed by atoms with Gasteiger partial charge in [-0.1, -0.05) is 12.1 Å². The van der Waals surface area contributed by atoms with E-state index in [9.17, 15) is 9.90 Å². The van der Waals surface area contributed by atoms with E-state index >= 15 is 0 Å². The average molecular weight is 351 g/mol. The Bertz CT molecular complexity index is 570. The van der Waals surface area contributed by atoms with E-state index in [0.717, 1.165) is 23.1 Å². The number of hydrogen-bond donors (Lipinski definition) is 2. The predicted octanol–water partition coefficient (Wildman–Crippen LogP) is 3.27. The molecule has 5 nitrogen and oxygen atoms in total. The number of benzene rings is 1. The molecule has 0 atom stereocenters. The van der Waals surface area contributed by atoms with Crippen LogP contribution >= 0.6 is 0 Å². The molecule has 0 amide bonds. The fourth-order valence-electron chi connectivity index (χ4n) is 2.55. The summed E-state index contributed by atoms with van der Waals surface area (Å²) in [5.74, 6) is 0.246. The molecular weight excluding hydrogens is 318 g/mol. The van der Waals surface area contributed by atoms with Crippen molar-refractivity contribution in [2.75, 3.05) is 13.7 Å². The molecule has 1 rings (SSSR count). The van der Waals surface area contributed by atoms with Crippen LogP contribution < -0.4 is 10.1 Å². The Morgan fingerprint density at radius 3 is 2.20 bits per heavy atom. The summed E-state index contributed by atoms with van der Waals surface area (Å²) in [5.41, 5.74) is 1.90. The van der Waals surface area contributed by atoms with Crippen molar-refractivity contribution in [2.45, 2.75) is 72.1 Å². The zero-order valence-corrected chi connectivity index (χ0v) is 16.7. The molecule has 0 spiro atoms. The maximum atomic E-state index is 12.3. The van der Waals surface area contributed by atoms with Crippen LogP contribution in [0.3, 0.4) is 0 Å². The Morgan fingerprint density at radius 2 is 1.72 bits per heavy atom. The van der Waals surface area contributed by atoms with E-state index in [1.165, 1.54) is 0 Å². The normalized spacial score (nSPS) is 12.3. The zero-order chi connectivity index (χ0) is 19.3. The van der Waals surface area contributed by atoms with Gasteiger partial charge in [-0.05, 0) is 71.7 Å². The summed E-state index contributed by atoms with van der Waals surface area (Å²) >= 11 is 0. The highest BCUT2D eigenvalue weighted by Crippen LogP contribution is 2.26. The number of rotatable bonds is 9. The van der Waals surface area contributed by atoms with Crippen molar-refractivity contribution in [3.63, 3.8) is 0 Å². The summed E-state index contributed by atoms with van der Waals surface area (Å²) in [6, 6.07) is 3.66. The van der Waals surface area contributed by atoms with Gasteiger partial charge in [-0.15, -0.1) is 0 Å². The first-order chi connectivity index (χ1) is 11.5. The van der Waals surface area contributed by atoms with Crippen molar-refractivity contribution in [3.8, 4) is 5.75 Å². The molecule has 0 saturated heterocycles. The molecule has 0 unspecified atom stereocenters. The standard InChI is InChI=1S/C20H33NO4/c1-14-10-16(13-22)11-15(2)18(14)25-17(23)12-20(5,6)24-9-8-19(3,4)21-7/h10-11,21-22H,8-9,12-13H2,1-7H3. The van der Waals surface area contributed by atoms with Crippen LogP contribution in [0.15, 0.2) is 12.1 Å². The average Bonchev–Trinajstić information content (AvgIpc) is 2.49. The van der Waals surface area contributed by atoms with E-state index in [4.69, 9.17) is 9.47 Å². The summed E-state index contributed by atoms with van der Waals surface area (Å²) in [4.78, 5) is 12.3. The molecule has 0 fully saturated rings. The van der Waals surface area contributed by atoms with Gasteiger partial charge in [0, 0.05) is 12.1 Å². The van der Waals surface area contributed by atoms with E-state index < -0.39 is 5.60 Å². The van der Waals surface area contributed by atoms with Gasteiger partial charge in [0.25, 0.3) is 0 Å². The number of aryl methyl sites for hydroxylation is 2. The van der Waals surface area contributed by atoms with E-state index in [2.05, 4.69) is 19.2 Å². The van der Waals surface area contributed by atoms with Crippen LogP contribution in [0.4, 0.5) is 0 Å². The summed E-state index contributed by atoms with van der Waals surface area (Å²) in [7, 11) is 1.93. The lowest BCUT2D eigenvalue weighted by atomic mass is 10.0. The maximum Gasteiger partial charge on any atom is 0.314 e. The van der Waals surface area contributed by atoms with Gasteiger partial charge in [0.05, 0.1) is 18.6 Å². The van der Waals surface area contributed by atoms with Crippen LogP contribution in [-0.4, -0.2) is 35.9 Å². The van der Waals surface area contributed by atoms with Crippen molar-refractivity contribution < 1.29 is 19.4 Å². The first-order valence-corrected chi connectivity index (χ1v) is 8.74. The fraction of sp³-hybridized carbons (Fsp3) is 0.650. The zero-order valence-electron chi connectivity index (χ0n) is 16.7. The molecule has 1 aromatic carbocycles. The van der Waals surface area contributed by atoms with Gasteiger partial charge >= 0.3 is 5.97 Å². The van der Waals surface area contributed by atoms with Crippen LogP contribution in [0.25, 0.3) is 0 Å². The number of carbonyl (C=O) groups is 1. The second kappa shape index (κ2) is 8.79. The van der Waals surface area contributed by atoms with Crippen molar-refractivity contribution in [1.82, 2.24) is 5.32 Å². The van der Waals surface area contributed by atoms with E-state index in [0.29, 0.717) is 12.4 Å². The van der Waals surface area contributed by atoms with Gasteiger partial charge in [-0.3, -0.25) is 4.79 Å². The molecule has 0 aliphatic carbocycles. The molecular formula is C20H33NO4. The first kappa shape index (κ1) is 21.6. The smallest absolute Gasteiger partial charge is 0.314 e. The largest absolute Gasteiger partial charge is 0.426 e. The first-order valence-electron chi connectivity index (χ1n) is 8.74. The Kier molecular flexibility index (Phi) is 7.60. The fourth-order valence-corrected chi connectivity index (χ4v) is 2.55. The predicted molar refractivity (Wildman–Crippen MR) is 99.9 cm³/mol. The molecule has 0 aromatic heterocycles. The van der Waals surface area contributed by atoms with Crippen LogP contribution in [0, 0.1) is 13.8 Å². The van der Waals surface area contributed by atoms with E-state index in [-0.39, 0.29) is 24.5 Å². The Hall–Kier alpha value is -1.43. The monoisotopic (exact) mass is 351 g/mol. The SMILES string of the molecule is CNC(C)(C)CCOC(C)(C)CC(=O)Oc1c(C)cc(CO)cc1C. The van der Waals surface area contributed by atoms with Gasteiger partial charge in [-0.25, -0.2) is 0 Å². The number of esters is 1. The number of ether oxygens (including phenoxy) is 2. The summed E-state index contributed by atoms with van der Waals surface area (Å²) < 4.78 is 11.5. The van der Waals surface area contributed by atoms with E-state index in [1.807, 2.05) is 46.9 Å². The third-order valence-corrected chi connectivity index (χ3v) is 4.39. The molecule has 0 radical (unpaired) electrons. The van der Waals surface area contributed by atoms with Crippen LogP contribution in [0.5, 0.6) is 5.75 Å². The molecule has 0 heterocycles. The summed E-state index contributed by atoms with van der Waals surface area (Å²) in [6.45, 7) is 12.3. The molecule has 0 saturated carbocycles. The van der Waals surface area contributed by atoms with Gasteiger partial charge in [0.1, 0.15) is 5.75 Å². The summed E-state index contributed by atoms with van der Waals surface area (Å²) in [5, 5.41) is 12.5. The minimum absolute atomic E-state index is 0.000729. The number of aliphatic hydroxyl groups is 1. The van der Waals surface area contributed by atoms with Crippen molar-refractivity contribution in [2.24, 2.45) is 0 Å². The quantitative estimate of drug-likeness (QED) is 0.528. The second-order valence-electron chi connectivity index (χ2n) is 7.86. The highest BCUT2D eigenvalue weighted by molar-refractivity contribution is 5.74. The minimum Gasteiger partial charge on any atom is -0.426 e. The lowest BCUT2D eigenvalue weighted by Gasteiger charge is -2.29. The van der Waals surface area contributed by atoms with E-state index in [1.54, 1.807) is 0 Å². The van der Waals surface area contributed by atoms with Crippen molar-refractivity contribution >= 4 is 5.97 Å². The van der Waals surface area contributed by atoms with Crippen molar-refractivity contribution in [3.05, 3.63) is 28.8 Å². The molecule has 2 N–H and O–H groups in total. The third kappa shape index (κ3) is 7.14. The molecule has 142 valence electrons. The number of aliphatic hydroxyl groups excluding tert-OH is 1. The highest BCUT2D eigenvalue weighted by Gasteiger charge is 2.26. The maximum absolute atomic E-state index is 12.3. The Morgan fingerprint density at radius 1 is 1.16 bits per heavy atom. The van der Waals surface area contributed by atoms with Crippen LogP contribution in [0.2, 0.25) is 0 Å². The molecule has 0 bridgehead atoms. The van der Waals surface area contributed by atoms with Crippen LogP contribution in [0.1, 0.15) is 57.2 Å². The van der Waals surface area contributed by atoms with Gasteiger partial charge in [-0.2, -0.15) is 0 Å². The Balaban J connectivity index is 2.64. The lowest BCUT2D eigenvalue weighted by molar-refractivity contribution is -0.141. The topological polar surface area (TPSA) is 67.8 Å². The number of carbonyl (C=O) groups excluding carboxylic acids is 1. The molecule has 0 aliphatic rings. The third-order valence-electron chi connectivity index (χ3n) is 4.39. The lowest BCUT2D eigenvalue weighted by Crippen LogP contribution is -2.39. The summed E-state index contributed by atoms with van der Waals surface area (Å²) in [6.07, 6.45) is 1.02. The van der Waals surface area contributed by atoms with Gasteiger partial charge in [0.15, 0.2) is 0 Å². The molecule has 1 aromatic rings. The minimum atomic E-state index is -0.590. The molecule has 25 heavy (non-hydrogen) atoms. The highest BCUT2D eigenvalue weighted by atomic mass is 16.5. The van der Waals surface area contributed by atoms with Gasteiger partial charge < -0.3 is 19.9 Å². The molecule has 0 aliphatic heterocycles.